The lowest BCUT2D eigenvalue weighted by atomic mass is 10.1. The van der Waals surface area contributed by atoms with Crippen LogP contribution in [-0.4, -0.2) is 20.8 Å². The van der Waals surface area contributed by atoms with Crippen LogP contribution >= 0.6 is 43.5 Å². The van der Waals surface area contributed by atoms with Gasteiger partial charge in [-0.05, 0) is 50.1 Å². The van der Waals surface area contributed by atoms with Crippen LogP contribution in [-0.2, 0) is 7.05 Å². The molecule has 0 aliphatic heterocycles. The van der Waals surface area contributed by atoms with Gasteiger partial charge in [0.25, 0.3) is 0 Å². The predicted octanol–water partition coefficient (Wildman–Crippen LogP) is 3.22. The highest BCUT2D eigenvalue weighted by Gasteiger charge is 2.20. The Kier molecular flexibility index (Phi) is 3.65. The van der Waals surface area contributed by atoms with Gasteiger partial charge in [-0.15, -0.1) is 5.10 Å². The molecule has 0 spiro atoms. The van der Waals surface area contributed by atoms with E-state index in [9.17, 15) is 4.79 Å². The molecular weight excluding hydrogens is 373 g/mol. The van der Waals surface area contributed by atoms with Gasteiger partial charge in [0.2, 0.25) is 5.78 Å². The van der Waals surface area contributed by atoms with Gasteiger partial charge in [0.1, 0.15) is 5.69 Å². The Bertz CT molecular complexity index is 578. The van der Waals surface area contributed by atoms with Crippen LogP contribution in [0.2, 0.25) is 5.02 Å². The average molecular weight is 379 g/mol. The van der Waals surface area contributed by atoms with Crippen LogP contribution in [0.15, 0.2) is 27.3 Å². The van der Waals surface area contributed by atoms with Crippen LogP contribution in [0.3, 0.4) is 0 Å². The van der Waals surface area contributed by atoms with Gasteiger partial charge in [0.15, 0.2) is 4.60 Å². The average Bonchev–Trinajstić information content (AvgIpc) is 2.58. The molecule has 0 aliphatic carbocycles. The standard InChI is InChI=1S/C10H6Br2ClN3O/c1-16-8(10(12)14-15-16)9(17)6-3-2-5(13)4-7(6)11/h2-4H,1H3. The van der Waals surface area contributed by atoms with E-state index in [1.807, 2.05) is 0 Å². The van der Waals surface area contributed by atoms with Gasteiger partial charge < -0.3 is 0 Å². The van der Waals surface area contributed by atoms with Gasteiger partial charge in [-0.2, -0.15) is 0 Å². The van der Waals surface area contributed by atoms with E-state index in [1.54, 1.807) is 25.2 Å². The summed E-state index contributed by atoms with van der Waals surface area (Å²) in [7, 11) is 1.66. The SMILES string of the molecule is Cn1nnc(Br)c1C(=O)c1ccc(Cl)cc1Br. The summed E-state index contributed by atoms with van der Waals surface area (Å²) in [6.45, 7) is 0. The number of rotatable bonds is 2. The summed E-state index contributed by atoms with van der Waals surface area (Å²) in [5, 5.41) is 8.11. The zero-order chi connectivity index (χ0) is 12.6. The molecule has 2 aromatic rings. The van der Waals surface area contributed by atoms with E-state index in [0.717, 1.165) is 0 Å². The van der Waals surface area contributed by atoms with Crippen molar-refractivity contribution in [3.05, 3.63) is 43.6 Å². The highest BCUT2D eigenvalue weighted by molar-refractivity contribution is 9.10. The second-order valence-electron chi connectivity index (χ2n) is 3.31. The summed E-state index contributed by atoms with van der Waals surface area (Å²) in [6.07, 6.45) is 0. The maximum Gasteiger partial charge on any atom is 0.215 e. The Balaban J connectivity index is 2.51. The third-order valence-corrected chi connectivity index (χ3v) is 3.60. The minimum absolute atomic E-state index is 0.173. The molecule has 0 fully saturated rings. The Morgan fingerprint density at radius 3 is 2.65 bits per heavy atom. The molecule has 7 heteroatoms. The second-order valence-corrected chi connectivity index (χ2v) is 5.35. The number of hydrogen-bond acceptors (Lipinski definition) is 3. The van der Waals surface area contributed by atoms with Crippen molar-refractivity contribution in [1.29, 1.82) is 0 Å². The van der Waals surface area contributed by atoms with Crippen LogP contribution in [0, 0.1) is 0 Å². The number of aromatic nitrogens is 3. The number of aryl methyl sites for hydroxylation is 1. The summed E-state index contributed by atoms with van der Waals surface area (Å²) in [5.41, 5.74) is 0.911. The van der Waals surface area contributed by atoms with Crippen molar-refractivity contribution in [3.63, 3.8) is 0 Å². The van der Waals surface area contributed by atoms with Crippen LogP contribution < -0.4 is 0 Å². The Morgan fingerprint density at radius 1 is 1.41 bits per heavy atom. The number of halogens is 3. The lowest BCUT2D eigenvalue weighted by molar-refractivity contribution is 0.102. The fourth-order valence-corrected chi connectivity index (χ4v) is 2.74. The van der Waals surface area contributed by atoms with E-state index in [2.05, 4.69) is 42.2 Å². The third kappa shape index (κ3) is 2.43. The Morgan fingerprint density at radius 2 is 2.12 bits per heavy atom. The molecule has 0 atom stereocenters. The van der Waals surface area contributed by atoms with E-state index >= 15 is 0 Å². The summed E-state index contributed by atoms with van der Waals surface area (Å²) in [4.78, 5) is 12.3. The highest BCUT2D eigenvalue weighted by atomic mass is 79.9. The normalized spacial score (nSPS) is 10.6. The number of benzene rings is 1. The first-order chi connectivity index (χ1) is 8.00. The largest absolute Gasteiger partial charge is 0.287 e. The molecule has 0 amide bonds. The van der Waals surface area contributed by atoms with Gasteiger partial charge in [0.05, 0.1) is 0 Å². The van der Waals surface area contributed by atoms with Gasteiger partial charge in [-0.3, -0.25) is 4.79 Å². The monoisotopic (exact) mass is 377 g/mol. The third-order valence-electron chi connectivity index (χ3n) is 2.18. The van der Waals surface area contributed by atoms with Gasteiger partial charge >= 0.3 is 0 Å². The van der Waals surface area contributed by atoms with E-state index in [-0.39, 0.29) is 5.78 Å². The maximum atomic E-state index is 12.3. The molecule has 4 nitrogen and oxygen atoms in total. The zero-order valence-electron chi connectivity index (χ0n) is 8.62. The lowest BCUT2D eigenvalue weighted by Gasteiger charge is -2.04. The number of carbonyl (C=O) groups excluding carboxylic acids is 1. The van der Waals surface area contributed by atoms with E-state index in [1.165, 1.54) is 4.68 Å². The van der Waals surface area contributed by atoms with Crippen molar-refractivity contribution in [2.45, 2.75) is 0 Å². The van der Waals surface area contributed by atoms with E-state index in [0.29, 0.717) is 25.4 Å². The molecule has 0 aliphatic rings. The quantitative estimate of drug-likeness (QED) is 0.753. The van der Waals surface area contributed by atoms with Gasteiger partial charge in [-0.1, -0.05) is 16.8 Å². The summed E-state index contributed by atoms with van der Waals surface area (Å²) >= 11 is 12.3. The van der Waals surface area contributed by atoms with Crippen molar-refractivity contribution in [3.8, 4) is 0 Å². The topological polar surface area (TPSA) is 47.8 Å². The number of ketones is 1. The summed E-state index contributed by atoms with van der Waals surface area (Å²) in [5.74, 6) is -0.173. The number of hydrogen-bond donors (Lipinski definition) is 0. The van der Waals surface area contributed by atoms with Crippen molar-refractivity contribution in [1.82, 2.24) is 15.0 Å². The lowest BCUT2D eigenvalue weighted by Crippen LogP contribution is -2.09. The summed E-state index contributed by atoms with van der Waals surface area (Å²) < 4.78 is 2.49. The predicted molar refractivity (Wildman–Crippen MR) is 71.3 cm³/mol. The Hall–Kier alpha value is -0.720. The van der Waals surface area contributed by atoms with Crippen LogP contribution in [0.4, 0.5) is 0 Å². The molecule has 0 radical (unpaired) electrons. The number of carbonyl (C=O) groups is 1. The molecule has 0 unspecified atom stereocenters. The molecule has 0 saturated heterocycles. The number of nitrogens with zero attached hydrogens (tertiary/aromatic N) is 3. The zero-order valence-corrected chi connectivity index (χ0v) is 12.5. The molecule has 1 aromatic carbocycles. The molecule has 0 bridgehead atoms. The van der Waals surface area contributed by atoms with Crippen LogP contribution in [0.25, 0.3) is 0 Å². The van der Waals surface area contributed by atoms with E-state index in [4.69, 9.17) is 11.6 Å². The van der Waals surface area contributed by atoms with Crippen molar-refractivity contribution < 1.29 is 4.79 Å². The van der Waals surface area contributed by atoms with Crippen molar-refractivity contribution >= 4 is 49.2 Å². The Labute approximate surface area is 119 Å². The molecule has 0 N–H and O–H groups in total. The molecule has 1 heterocycles. The van der Waals surface area contributed by atoms with Crippen molar-refractivity contribution in [2.24, 2.45) is 7.05 Å². The first-order valence-corrected chi connectivity index (χ1v) is 6.52. The minimum Gasteiger partial charge on any atom is -0.287 e. The summed E-state index contributed by atoms with van der Waals surface area (Å²) in [6, 6.07) is 5.00. The first-order valence-electron chi connectivity index (χ1n) is 4.55. The van der Waals surface area contributed by atoms with Crippen LogP contribution in [0.1, 0.15) is 16.1 Å². The fraction of sp³-hybridized carbons (Fsp3) is 0.100. The molecule has 0 saturated carbocycles. The van der Waals surface area contributed by atoms with E-state index < -0.39 is 0 Å². The van der Waals surface area contributed by atoms with Gasteiger partial charge in [-0.25, -0.2) is 4.68 Å². The second kappa shape index (κ2) is 4.88. The smallest absolute Gasteiger partial charge is 0.215 e. The van der Waals surface area contributed by atoms with Crippen LogP contribution in [0.5, 0.6) is 0 Å². The molecule has 88 valence electrons. The first kappa shape index (κ1) is 12.7. The molecule has 1 aromatic heterocycles. The highest BCUT2D eigenvalue weighted by Crippen LogP contribution is 2.25. The maximum absolute atomic E-state index is 12.3. The fourth-order valence-electron chi connectivity index (χ4n) is 1.37. The molecular formula is C10H6Br2ClN3O. The minimum atomic E-state index is -0.173. The van der Waals surface area contributed by atoms with Crippen molar-refractivity contribution in [2.75, 3.05) is 0 Å². The molecule has 17 heavy (non-hydrogen) atoms. The van der Waals surface area contributed by atoms with Gasteiger partial charge in [0, 0.05) is 22.1 Å². The molecule has 2 rings (SSSR count).